The molecule has 136 valence electrons. The van der Waals surface area contributed by atoms with Gasteiger partial charge in [0.25, 0.3) is 5.91 Å². The largest absolute Gasteiger partial charge is 0.467 e. The fourth-order valence-corrected chi connectivity index (χ4v) is 4.02. The number of carbonyl (C=O) groups is 2. The maximum atomic E-state index is 13.0. The van der Waals surface area contributed by atoms with Gasteiger partial charge in [0.2, 0.25) is 0 Å². The van der Waals surface area contributed by atoms with Crippen LogP contribution in [0.5, 0.6) is 0 Å². The smallest absolute Gasteiger partial charge is 0.264 e. The number of aryl methyl sites for hydroxylation is 1. The summed E-state index contributed by atoms with van der Waals surface area (Å²) in [6, 6.07) is 13.3. The van der Waals surface area contributed by atoms with Gasteiger partial charge in [-0.2, -0.15) is 0 Å². The number of ketones is 1. The summed E-state index contributed by atoms with van der Waals surface area (Å²) >= 11 is 1.40. The van der Waals surface area contributed by atoms with E-state index in [1.165, 1.54) is 11.3 Å². The third-order valence-corrected chi connectivity index (χ3v) is 5.64. The van der Waals surface area contributed by atoms with Gasteiger partial charge in [-0.05, 0) is 53.3 Å². The Balaban J connectivity index is 1.64. The summed E-state index contributed by atoms with van der Waals surface area (Å²) in [7, 11) is 0. The van der Waals surface area contributed by atoms with E-state index in [9.17, 15) is 9.59 Å². The predicted molar refractivity (Wildman–Crippen MR) is 106 cm³/mol. The summed E-state index contributed by atoms with van der Waals surface area (Å²) in [5, 5.41) is 1.88. The lowest BCUT2D eigenvalue weighted by molar-refractivity contribution is -0.115. The van der Waals surface area contributed by atoms with E-state index in [4.69, 9.17) is 4.42 Å². The first-order valence-corrected chi connectivity index (χ1v) is 9.67. The zero-order chi connectivity index (χ0) is 18.8. The van der Waals surface area contributed by atoms with E-state index >= 15 is 0 Å². The summed E-state index contributed by atoms with van der Waals surface area (Å²) in [6.07, 6.45) is 3.90. The van der Waals surface area contributed by atoms with Gasteiger partial charge in [-0.3, -0.25) is 9.59 Å². The Morgan fingerprint density at radius 2 is 2.04 bits per heavy atom. The number of rotatable bonds is 5. The van der Waals surface area contributed by atoms with Gasteiger partial charge < -0.3 is 9.32 Å². The average Bonchev–Trinajstić information content (AvgIpc) is 3.36. The van der Waals surface area contributed by atoms with E-state index in [2.05, 4.69) is 0 Å². The number of hydrogen-bond acceptors (Lipinski definition) is 4. The summed E-state index contributed by atoms with van der Waals surface area (Å²) in [6.45, 7) is 2.62. The van der Waals surface area contributed by atoms with E-state index in [1.54, 1.807) is 23.3 Å². The summed E-state index contributed by atoms with van der Waals surface area (Å²) in [5.74, 6) is 0.672. The minimum Gasteiger partial charge on any atom is -0.467 e. The third kappa shape index (κ3) is 3.64. The highest BCUT2D eigenvalue weighted by Crippen LogP contribution is 2.26. The maximum absolute atomic E-state index is 13.0. The number of furan rings is 1. The molecule has 1 aliphatic rings. The molecule has 5 heteroatoms. The SMILES string of the molecule is Cc1cccc2c1CC(=O)C(CN(Cc1ccco1)C(=O)c1cccs1)=C2. The second kappa shape index (κ2) is 7.37. The van der Waals surface area contributed by atoms with Crippen molar-refractivity contribution in [1.29, 1.82) is 0 Å². The molecule has 1 amide bonds. The fraction of sp³-hybridized carbons (Fsp3) is 0.182. The molecule has 1 aliphatic carbocycles. The number of thiophene rings is 1. The molecule has 0 radical (unpaired) electrons. The Kier molecular flexibility index (Phi) is 4.77. The monoisotopic (exact) mass is 377 g/mol. The molecule has 0 saturated carbocycles. The molecule has 27 heavy (non-hydrogen) atoms. The lowest BCUT2D eigenvalue weighted by Gasteiger charge is -2.25. The van der Waals surface area contributed by atoms with E-state index in [0.717, 1.165) is 16.7 Å². The minimum absolute atomic E-state index is 0.0697. The summed E-state index contributed by atoms with van der Waals surface area (Å²) in [4.78, 5) is 28.0. The van der Waals surface area contributed by atoms with Crippen LogP contribution in [-0.2, 0) is 17.8 Å². The van der Waals surface area contributed by atoms with Crippen molar-refractivity contribution >= 4 is 29.1 Å². The molecule has 0 saturated heterocycles. The Bertz CT molecular complexity index is 1000. The van der Waals surface area contributed by atoms with Gasteiger partial charge in [-0.15, -0.1) is 11.3 Å². The van der Waals surface area contributed by atoms with Crippen molar-refractivity contribution in [2.45, 2.75) is 19.9 Å². The molecule has 0 atom stereocenters. The number of benzene rings is 1. The second-order valence-corrected chi connectivity index (χ2v) is 7.58. The number of hydrogen-bond donors (Lipinski definition) is 0. The molecule has 1 aromatic carbocycles. The molecule has 3 aromatic rings. The molecular weight excluding hydrogens is 358 g/mol. The quantitative estimate of drug-likeness (QED) is 0.658. The molecular formula is C22H19NO3S. The molecule has 4 nitrogen and oxygen atoms in total. The fourth-order valence-electron chi connectivity index (χ4n) is 3.33. The Morgan fingerprint density at radius 1 is 1.15 bits per heavy atom. The maximum Gasteiger partial charge on any atom is 0.264 e. The van der Waals surface area contributed by atoms with Crippen LogP contribution in [-0.4, -0.2) is 23.1 Å². The van der Waals surface area contributed by atoms with Crippen LogP contribution in [0.1, 0.15) is 32.1 Å². The normalized spacial score (nSPS) is 13.2. The van der Waals surface area contributed by atoms with Crippen LogP contribution in [0.15, 0.2) is 64.1 Å². The molecule has 4 rings (SSSR count). The van der Waals surface area contributed by atoms with Gasteiger partial charge in [0.15, 0.2) is 5.78 Å². The molecule has 0 aliphatic heterocycles. The van der Waals surface area contributed by atoms with E-state index in [-0.39, 0.29) is 18.2 Å². The van der Waals surface area contributed by atoms with Crippen molar-refractivity contribution in [2.75, 3.05) is 6.54 Å². The predicted octanol–water partition coefficient (Wildman–Crippen LogP) is 4.50. The molecule has 0 fully saturated rings. The third-order valence-electron chi connectivity index (χ3n) is 4.78. The van der Waals surface area contributed by atoms with Crippen LogP contribution in [0.25, 0.3) is 6.08 Å². The highest BCUT2D eigenvalue weighted by molar-refractivity contribution is 7.12. The van der Waals surface area contributed by atoms with Crippen LogP contribution in [0.4, 0.5) is 0 Å². The average molecular weight is 377 g/mol. The highest BCUT2D eigenvalue weighted by atomic mass is 32.1. The summed E-state index contributed by atoms with van der Waals surface area (Å²) in [5.41, 5.74) is 3.92. The topological polar surface area (TPSA) is 50.5 Å². The van der Waals surface area contributed by atoms with Gasteiger partial charge >= 0.3 is 0 Å². The zero-order valence-electron chi connectivity index (χ0n) is 15.0. The first kappa shape index (κ1) is 17.5. The van der Waals surface area contributed by atoms with Gasteiger partial charge in [-0.1, -0.05) is 24.3 Å². The van der Waals surface area contributed by atoms with E-state index in [1.807, 2.05) is 48.7 Å². The van der Waals surface area contributed by atoms with Crippen molar-refractivity contribution < 1.29 is 14.0 Å². The lowest BCUT2D eigenvalue weighted by atomic mass is 9.88. The molecule has 0 N–H and O–H groups in total. The van der Waals surface area contributed by atoms with Crippen LogP contribution in [0.2, 0.25) is 0 Å². The van der Waals surface area contributed by atoms with Crippen molar-refractivity contribution in [3.05, 3.63) is 87.0 Å². The second-order valence-electron chi connectivity index (χ2n) is 6.63. The van der Waals surface area contributed by atoms with E-state index in [0.29, 0.717) is 29.2 Å². The van der Waals surface area contributed by atoms with Gasteiger partial charge in [-0.25, -0.2) is 0 Å². The molecule has 0 bridgehead atoms. The van der Waals surface area contributed by atoms with Gasteiger partial charge in [0.05, 0.1) is 24.2 Å². The van der Waals surface area contributed by atoms with E-state index < -0.39 is 0 Å². The molecule has 0 unspecified atom stereocenters. The molecule has 0 spiro atoms. The number of carbonyl (C=O) groups excluding carboxylic acids is 2. The number of amides is 1. The number of nitrogens with zero attached hydrogens (tertiary/aromatic N) is 1. The van der Waals surface area contributed by atoms with Gasteiger partial charge in [0.1, 0.15) is 5.76 Å². The first-order valence-electron chi connectivity index (χ1n) is 8.79. The summed E-state index contributed by atoms with van der Waals surface area (Å²) < 4.78 is 5.42. The van der Waals surface area contributed by atoms with Crippen molar-refractivity contribution in [1.82, 2.24) is 4.90 Å². The van der Waals surface area contributed by atoms with Crippen molar-refractivity contribution in [3.8, 4) is 0 Å². The standard InChI is InChI=1S/C22H19NO3S/c1-15-5-2-6-16-11-17(20(24)12-19(15)16)13-23(14-18-7-3-9-26-18)22(25)21-8-4-10-27-21/h2-11H,12-14H2,1H3. The first-order chi connectivity index (χ1) is 13.1. The minimum atomic E-state index is -0.0925. The highest BCUT2D eigenvalue weighted by Gasteiger charge is 2.25. The number of Topliss-reactive ketones (excluding diaryl/α,β-unsaturated/α-hetero) is 1. The number of fused-ring (bicyclic) bond motifs is 1. The van der Waals surface area contributed by atoms with Crippen LogP contribution < -0.4 is 0 Å². The Labute approximate surface area is 161 Å². The Hall–Kier alpha value is -2.92. The lowest BCUT2D eigenvalue weighted by Crippen LogP contribution is -2.34. The molecule has 2 aromatic heterocycles. The zero-order valence-corrected chi connectivity index (χ0v) is 15.8. The van der Waals surface area contributed by atoms with Crippen molar-refractivity contribution in [2.24, 2.45) is 0 Å². The van der Waals surface area contributed by atoms with Crippen molar-refractivity contribution in [3.63, 3.8) is 0 Å². The van der Waals surface area contributed by atoms with Crippen LogP contribution >= 0.6 is 11.3 Å². The van der Waals surface area contributed by atoms with Crippen LogP contribution in [0.3, 0.4) is 0 Å². The Morgan fingerprint density at radius 3 is 2.78 bits per heavy atom. The molecule has 2 heterocycles. The van der Waals surface area contributed by atoms with Gasteiger partial charge in [0, 0.05) is 12.0 Å². The van der Waals surface area contributed by atoms with Crippen LogP contribution in [0, 0.1) is 6.92 Å².